The molecule has 0 spiro atoms. The van der Waals surface area contributed by atoms with Crippen LogP contribution in [-0.2, 0) is 0 Å². The Hall–Kier alpha value is -1.29. The molecule has 0 aromatic heterocycles. The molecule has 0 fully saturated rings. The van der Waals surface area contributed by atoms with Crippen molar-refractivity contribution in [3.63, 3.8) is 0 Å². The van der Waals surface area contributed by atoms with Crippen LogP contribution < -0.4 is 0 Å². The lowest BCUT2D eigenvalue weighted by Gasteiger charge is -1.93. The third kappa shape index (κ3) is 2.10. The van der Waals surface area contributed by atoms with Crippen LogP contribution in [0.5, 0.6) is 0 Å². The predicted molar refractivity (Wildman–Crippen MR) is 50.0 cm³/mol. The molecule has 0 radical (unpaired) electrons. The number of thiol groups is 1. The summed E-state index contributed by atoms with van der Waals surface area (Å²) >= 11 is 3.65. The molecule has 3 nitrogen and oxygen atoms in total. The molecule has 0 unspecified atom stereocenters. The molecule has 62 valence electrons. The summed E-state index contributed by atoms with van der Waals surface area (Å²) in [5.41, 5.74) is 1.10. The Balaban J connectivity index is 2.93. The Morgan fingerprint density at radius 1 is 1.42 bits per heavy atom. The number of carboxylic acid groups (broad SMARTS) is 1. The summed E-state index contributed by atoms with van der Waals surface area (Å²) in [6, 6.07) is 6.38. The quantitative estimate of drug-likeness (QED) is 0.538. The van der Waals surface area contributed by atoms with Crippen LogP contribution in [-0.4, -0.2) is 17.3 Å². The summed E-state index contributed by atoms with van der Waals surface area (Å²) in [6.45, 7) is 0. The van der Waals surface area contributed by atoms with E-state index < -0.39 is 5.97 Å². The van der Waals surface area contributed by atoms with Crippen molar-refractivity contribution in [1.29, 1.82) is 0 Å². The molecule has 1 N–H and O–H groups in total. The molecule has 1 rings (SSSR count). The fourth-order valence-corrected chi connectivity index (χ4v) is 0.912. The summed E-state index contributed by atoms with van der Waals surface area (Å²) in [7, 11) is 0. The second kappa shape index (κ2) is 3.92. The van der Waals surface area contributed by atoms with Crippen LogP contribution in [0, 0.1) is 0 Å². The van der Waals surface area contributed by atoms with Gasteiger partial charge in [0.05, 0.1) is 5.56 Å². The van der Waals surface area contributed by atoms with E-state index in [1.54, 1.807) is 12.1 Å². The van der Waals surface area contributed by atoms with Crippen molar-refractivity contribution in [2.75, 3.05) is 0 Å². The molecule has 0 aliphatic carbocycles. The monoisotopic (exact) mass is 181 g/mol. The van der Waals surface area contributed by atoms with E-state index in [-0.39, 0.29) is 5.56 Å². The molecule has 12 heavy (non-hydrogen) atoms. The highest BCUT2D eigenvalue weighted by atomic mass is 32.1. The molecule has 1 aromatic rings. The minimum absolute atomic E-state index is 0.270. The smallest absolute Gasteiger partial charge is 0.335 e. The van der Waals surface area contributed by atoms with Gasteiger partial charge >= 0.3 is 5.97 Å². The minimum Gasteiger partial charge on any atom is -0.478 e. The van der Waals surface area contributed by atoms with Crippen LogP contribution in [0.1, 0.15) is 15.9 Å². The highest BCUT2D eigenvalue weighted by Gasteiger charge is 1.99. The maximum atomic E-state index is 10.4. The summed E-state index contributed by atoms with van der Waals surface area (Å²) < 4.78 is 3.50. The first-order valence-electron chi connectivity index (χ1n) is 3.25. The van der Waals surface area contributed by atoms with Gasteiger partial charge in [-0.1, -0.05) is 12.1 Å². The number of carbonyl (C=O) groups is 1. The zero-order valence-electron chi connectivity index (χ0n) is 6.14. The van der Waals surface area contributed by atoms with Crippen molar-refractivity contribution in [3.8, 4) is 0 Å². The van der Waals surface area contributed by atoms with Gasteiger partial charge in [-0.15, -0.1) is 0 Å². The van der Waals surface area contributed by atoms with Gasteiger partial charge in [-0.05, 0) is 30.5 Å². The molecular weight excluding hydrogens is 174 g/mol. The lowest BCUT2D eigenvalue weighted by Crippen LogP contribution is -1.95. The van der Waals surface area contributed by atoms with Crippen LogP contribution in [0.2, 0.25) is 0 Å². The van der Waals surface area contributed by atoms with Gasteiger partial charge in [-0.2, -0.15) is 0 Å². The first kappa shape index (κ1) is 8.80. The number of nitrogens with zero attached hydrogens (tertiary/aromatic N) is 1. The summed E-state index contributed by atoms with van der Waals surface area (Å²) in [6.07, 6.45) is 1.54. The Bertz CT molecular complexity index is 305. The lowest BCUT2D eigenvalue weighted by molar-refractivity contribution is 0.0697. The molecule has 0 bridgehead atoms. The van der Waals surface area contributed by atoms with Crippen molar-refractivity contribution in [2.24, 2.45) is 4.40 Å². The minimum atomic E-state index is -0.927. The third-order valence-corrected chi connectivity index (χ3v) is 1.48. The van der Waals surface area contributed by atoms with Crippen molar-refractivity contribution in [1.82, 2.24) is 0 Å². The molecule has 0 amide bonds. The standard InChI is InChI=1S/C8H7NO2S/c10-8(11)7-3-1-6(2-4-7)5-9-12/h1-5,12H,(H,10,11). The highest BCUT2D eigenvalue weighted by Crippen LogP contribution is 2.02. The van der Waals surface area contributed by atoms with Crippen molar-refractivity contribution < 1.29 is 9.90 Å². The average Bonchev–Trinajstić information content (AvgIpc) is 2.06. The summed E-state index contributed by atoms with van der Waals surface area (Å²) in [5, 5.41) is 8.56. The Kier molecular flexibility index (Phi) is 2.88. The van der Waals surface area contributed by atoms with Crippen LogP contribution in [0.15, 0.2) is 28.7 Å². The van der Waals surface area contributed by atoms with E-state index in [1.165, 1.54) is 18.3 Å². The Morgan fingerprint density at radius 2 is 2.00 bits per heavy atom. The predicted octanol–water partition coefficient (Wildman–Crippen LogP) is 1.65. The largest absolute Gasteiger partial charge is 0.478 e. The van der Waals surface area contributed by atoms with Gasteiger partial charge in [0.1, 0.15) is 0 Å². The van der Waals surface area contributed by atoms with Crippen molar-refractivity contribution >= 4 is 25.0 Å². The first-order valence-corrected chi connectivity index (χ1v) is 3.65. The summed E-state index contributed by atoms with van der Waals surface area (Å²) in [5.74, 6) is -0.927. The van der Waals surface area contributed by atoms with Crippen LogP contribution in [0.3, 0.4) is 0 Å². The zero-order chi connectivity index (χ0) is 8.97. The van der Waals surface area contributed by atoms with Crippen LogP contribution in [0.25, 0.3) is 0 Å². The Labute approximate surface area is 75.3 Å². The number of rotatable bonds is 2. The molecule has 0 heterocycles. The third-order valence-electron chi connectivity index (χ3n) is 1.36. The number of carboxylic acids is 1. The van der Waals surface area contributed by atoms with Gasteiger partial charge in [0.15, 0.2) is 0 Å². The molecule has 4 heteroatoms. The molecule has 0 saturated carbocycles. The van der Waals surface area contributed by atoms with Crippen molar-refractivity contribution in [2.45, 2.75) is 0 Å². The molecule has 0 aliphatic heterocycles. The zero-order valence-corrected chi connectivity index (χ0v) is 7.03. The van der Waals surface area contributed by atoms with E-state index in [4.69, 9.17) is 5.11 Å². The molecule has 0 aliphatic rings. The second-order valence-corrected chi connectivity index (χ2v) is 2.40. The first-order chi connectivity index (χ1) is 5.74. The lowest BCUT2D eigenvalue weighted by atomic mass is 10.1. The van der Waals surface area contributed by atoms with Gasteiger partial charge in [0.25, 0.3) is 0 Å². The maximum Gasteiger partial charge on any atom is 0.335 e. The molecular formula is C8H7NO2S. The van der Waals surface area contributed by atoms with E-state index in [0.29, 0.717) is 0 Å². The SMILES string of the molecule is O=C(O)c1ccc(C=NS)cc1. The average molecular weight is 181 g/mol. The number of benzene rings is 1. The van der Waals surface area contributed by atoms with E-state index in [1.807, 2.05) is 0 Å². The van der Waals surface area contributed by atoms with Crippen molar-refractivity contribution in [3.05, 3.63) is 35.4 Å². The number of aromatic carboxylic acids is 1. The second-order valence-electron chi connectivity index (χ2n) is 2.17. The van der Waals surface area contributed by atoms with Crippen LogP contribution in [0.4, 0.5) is 0 Å². The van der Waals surface area contributed by atoms with E-state index in [9.17, 15) is 4.79 Å². The van der Waals surface area contributed by atoms with Gasteiger partial charge in [-0.25, -0.2) is 9.19 Å². The van der Waals surface area contributed by atoms with Gasteiger partial charge in [0, 0.05) is 6.21 Å². The fraction of sp³-hybridized carbons (Fsp3) is 0. The molecule has 0 atom stereocenters. The topological polar surface area (TPSA) is 49.7 Å². The normalized spacial score (nSPS) is 10.4. The van der Waals surface area contributed by atoms with E-state index >= 15 is 0 Å². The van der Waals surface area contributed by atoms with Gasteiger partial charge in [-0.3, -0.25) is 0 Å². The number of hydrogen-bond acceptors (Lipinski definition) is 3. The molecule has 1 aromatic carbocycles. The van der Waals surface area contributed by atoms with E-state index in [0.717, 1.165) is 5.56 Å². The fourth-order valence-electron chi connectivity index (χ4n) is 0.778. The van der Waals surface area contributed by atoms with Crippen LogP contribution >= 0.6 is 12.8 Å². The van der Waals surface area contributed by atoms with E-state index in [2.05, 4.69) is 17.2 Å². The Morgan fingerprint density at radius 3 is 2.42 bits per heavy atom. The van der Waals surface area contributed by atoms with Gasteiger partial charge < -0.3 is 5.11 Å². The van der Waals surface area contributed by atoms with Gasteiger partial charge in [0.2, 0.25) is 0 Å². The molecule has 0 saturated heterocycles. The maximum absolute atomic E-state index is 10.4. The highest BCUT2D eigenvalue weighted by molar-refractivity contribution is 7.78. The number of hydrogen-bond donors (Lipinski definition) is 2. The summed E-state index contributed by atoms with van der Waals surface area (Å²) in [4.78, 5) is 10.4.